The maximum absolute atomic E-state index is 11.3. The van der Waals surface area contributed by atoms with Crippen LogP contribution in [0.15, 0.2) is 29.6 Å². The van der Waals surface area contributed by atoms with Crippen molar-refractivity contribution in [2.45, 2.75) is 26.5 Å². The van der Waals surface area contributed by atoms with Crippen LogP contribution in [0.4, 0.5) is 0 Å². The highest BCUT2D eigenvalue weighted by Crippen LogP contribution is 2.14. The fourth-order valence-corrected chi connectivity index (χ4v) is 3.03. The number of benzene rings is 1. The molecule has 1 N–H and O–H groups in total. The summed E-state index contributed by atoms with van der Waals surface area (Å²) in [7, 11) is 1.94. The number of likely N-dealkylation sites (N-methyl/N-ethyl adjacent to an activating group) is 1. The van der Waals surface area contributed by atoms with Crippen molar-refractivity contribution in [3.63, 3.8) is 0 Å². The molecule has 0 spiro atoms. The molecule has 0 fully saturated rings. The number of hydrogen-bond donors (Lipinski definition) is 1. The van der Waals surface area contributed by atoms with Gasteiger partial charge in [0.25, 0.3) is 0 Å². The monoisotopic (exact) mass is 334 g/mol. The van der Waals surface area contributed by atoms with E-state index in [2.05, 4.69) is 4.98 Å². The second-order valence-corrected chi connectivity index (χ2v) is 6.57. The van der Waals surface area contributed by atoms with E-state index in [9.17, 15) is 9.90 Å². The molecule has 0 bridgehead atoms. The summed E-state index contributed by atoms with van der Waals surface area (Å²) in [6.45, 7) is 4.87. The lowest BCUT2D eigenvalue weighted by Crippen LogP contribution is -2.32. The van der Waals surface area contributed by atoms with E-state index in [-0.39, 0.29) is 12.4 Å². The lowest BCUT2D eigenvalue weighted by Gasteiger charge is -2.19. The Hall–Kier alpha value is -1.76. The Labute approximate surface area is 140 Å². The lowest BCUT2D eigenvalue weighted by atomic mass is 10.1. The van der Waals surface area contributed by atoms with Crippen LogP contribution in [0.1, 0.15) is 28.0 Å². The number of carbonyl (C=O) groups is 1. The molecule has 2 aromatic rings. The lowest BCUT2D eigenvalue weighted by molar-refractivity contribution is 0.0743. The zero-order valence-electron chi connectivity index (χ0n) is 13.7. The van der Waals surface area contributed by atoms with Gasteiger partial charge < -0.3 is 9.84 Å². The maximum Gasteiger partial charge on any atom is 0.159 e. The van der Waals surface area contributed by atoms with Gasteiger partial charge in [-0.25, -0.2) is 4.98 Å². The van der Waals surface area contributed by atoms with Crippen molar-refractivity contribution in [3.05, 3.63) is 45.9 Å². The Morgan fingerprint density at radius 2 is 2.26 bits per heavy atom. The molecule has 0 saturated carbocycles. The summed E-state index contributed by atoms with van der Waals surface area (Å²) in [6, 6.07) is 6.99. The van der Waals surface area contributed by atoms with Crippen LogP contribution in [0.2, 0.25) is 0 Å². The molecule has 1 unspecified atom stereocenters. The summed E-state index contributed by atoms with van der Waals surface area (Å²) in [5.74, 6) is 0.587. The first-order chi connectivity index (χ1) is 10.9. The van der Waals surface area contributed by atoms with Gasteiger partial charge in [-0.3, -0.25) is 9.69 Å². The van der Waals surface area contributed by atoms with Crippen molar-refractivity contribution in [2.75, 3.05) is 20.2 Å². The molecule has 1 atom stereocenters. The van der Waals surface area contributed by atoms with E-state index in [0.717, 1.165) is 10.7 Å². The largest absolute Gasteiger partial charge is 0.491 e. The number of aromatic nitrogens is 1. The van der Waals surface area contributed by atoms with Gasteiger partial charge in [0, 0.05) is 23.2 Å². The van der Waals surface area contributed by atoms with E-state index < -0.39 is 6.10 Å². The van der Waals surface area contributed by atoms with Gasteiger partial charge in [0.1, 0.15) is 23.5 Å². The van der Waals surface area contributed by atoms with Gasteiger partial charge in [-0.15, -0.1) is 11.3 Å². The minimum absolute atomic E-state index is 0.00512. The third kappa shape index (κ3) is 5.74. The molecule has 2 rings (SSSR count). The molecule has 0 aliphatic rings. The van der Waals surface area contributed by atoms with Crippen LogP contribution in [0.5, 0.6) is 5.75 Å². The summed E-state index contributed by atoms with van der Waals surface area (Å²) in [4.78, 5) is 17.8. The van der Waals surface area contributed by atoms with E-state index in [1.807, 2.05) is 24.3 Å². The fourth-order valence-electron chi connectivity index (χ4n) is 2.18. The first-order valence-corrected chi connectivity index (χ1v) is 8.33. The van der Waals surface area contributed by atoms with Crippen LogP contribution < -0.4 is 4.74 Å². The van der Waals surface area contributed by atoms with Crippen LogP contribution in [0, 0.1) is 6.92 Å². The van der Waals surface area contributed by atoms with Gasteiger partial charge in [-0.05, 0) is 33.0 Å². The Balaban J connectivity index is 1.79. The topological polar surface area (TPSA) is 62.7 Å². The minimum Gasteiger partial charge on any atom is -0.491 e. The van der Waals surface area contributed by atoms with Crippen LogP contribution in [-0.4, -0.2) is 47.1 Å². The number of thiazole rings is 1. The standard InChI is InChI=1S/C17H22N2O3S/c1-12-11-23-17(18-12)9-19(3)8-15(21)10-22-16-6-4-5-14(7-16)13(2)20/h4-7,11,15,21H,8-10H2,1-3H3. The number of ether oxygens (including phenoxy) is 1. The van der Waals surface area contributed by atoms with Gasteiger partial charge in [-0.1, -0.05) is 12.1 Å². The number of aliphatic hydroxyl groups is 1. The average molecular weight is 334 g/mol. The van der Waals surface area contributed by atoms with E-state index >= 15 is 0 Å². The molecule has 0 aliphatic heterocycles. The predicted octanol–water partition coefficient (Wildman–Crippen LogP) is 2.53. The van der Waals surface area contributed by atoms with E-state index in [1.54, 1.807) is 35.6 Å². The summed E-state index contributed by atoms with van der Waals surface area (Å²) in [5.41, 5.74) is 1.63. The van der Waals surface area contributed by atoms with Crippen molar-refractivity contribution in [1.82, 2.24) is 9.88 Å². The molecule has 0 amide bonds. The SMILES string of the molecule is CC(=O)c1cccc(OCC(O)CN(C)Cc2nc(C)cs2)c1. The minimum atomic E-state index is -0.609. The summed E-state index contributed by atoms with van der Waals surface area (Å²) < 4.78 is 5.57. The zero-order chi connectivity index (χ0) is 16.8. The fraction of sp³-hybridized carbons (Fsp3) is 0.412. The first kappa shape index (κ1) is 17.6. The summed E-state index contributed by atoms with van der Waals surface area (Å²) >= 11 is 1.62. The van der Waals surface area contributed by atoms with Crippen LogP contribution in [0.3, 0.4) is 0 Å². The molecule has 1 heterocycles. The molecule has 124 valence electrons. The number of rotatable bonds is 8. The van der Waals surface area contributed by atoms with E-state index in [4.69, 9.17) is 4.74 Å². The van der Waals surface area contributed by atoms with E-state index in [1.165, 1.54) is 6.92 Å². The molecule has 0 saturated heterocycles. The summed E-state index contributed by atoms with van der Waals surface area (Å²) in [6.07, 6.45) is -0.609. The smallest absolute Gasteiger partial charge is 0.159 e. The molecular formula is C17H22N2O3S. The number of Topliss-reactive ketones (excluding diaryl/α,β-unsaturated/α-hetero) is 1. The van der Waals surface area contributed by atoms with Crippen molar-refractivity contribution in [3.8, 4) is 5.75 Å². The number of hydrogen-bond acceptors (Lipinski definition) is 6. The van der Waals surface area contributed by atoms with Gasteiger partial charge in [0.05, 0.1) is 6.54 Å². The van der Waals surface area contributed by atoms with Gasteiger partial charge >= 0.3 is 0 Å². The molecule has 23 heavy (non-hydrogen) atoms. The molecule has 0 radical (unpaired) electrons. The highest BCUT2D eigenvalue weighted by molar-refractivity contribution is 7.09. The van der Waals surface area contributed by atoms with Crippen molar-refractivity contribution >= 4 is 17.1 Å². The predicted molar refractivity (Wildman–Crippen MR) is 91.1 cm³/mol. The van der Waals surface area contributed by atoms with Crippen molar-refractivity contribution < 1.29 is 14.6 Å². The normalized spacial score (nSPS) is 12.4. The second kappa shape index (κ2) is 8.19. The molecular weight excluding hydrogens is 312 g/mol. The molecule has 1 aromatic heterocycles. The highest BCUT2D eigenvalue weighted by atomic mass is 32.1. The Kier molecular flexibility index (Phi) is 6.27. The molecule has 1 aromatic carbocycles. The molecule has 0 aliphatic carbocycles. The highest BCUT2D eigenvalue weighted by Gasteiger charge is 2.11. The van der Waals surface area contributed by atoms with Gasteiger partial charge in [-0.2, -0.15) is 0 Å². The third-order valence-electron chi connectivity index (χ3n) is 3.28. The van der Waals surface area contributed by atoms with Crippen LogP contribution in [0.25, 0.3) is 0 Å². The summed E-state index contributed by atoms with van der Waals surface area (Å²) in [5, 5.41) is 13.1. The first-order valence-electron chi connectivity index (χ1n) is 7.45. The third-order valence-corrected chi connectivity index (χ3v) is 4.23. The van der Waals surface area contributed by atoms with Gasteiger partial charge in [0.15, 0.2) is 5.78 Å². The van der Waals surface area contributed by atoms with Crippen molar-refractivity contribution in [1.29, 1.82) is 0 Å². The zero-order valence-corrected chi connectivity index (χ0v) is 14.5. The maximum atomic E-state index is 11.3. The Morgan fingerprint density at radius 1 is 1.48 bits per heavy atom. The Bertz CT molecular complexity index is 657. The van der Waals surface area contributed by atoms with Crippen molar-refractivity contribution in [2.24, 2.45) is 0 Å². The molecule has 5 nitrogen and oxygen atoms in total. The number of carbonyl (C=O) groups excluding carboxylic acids is 1. The number of ketones is 1. The second-order valence-electron chi connectivity index (χ2n) is 5.63. The number of aryl methyl sites for hydroxylation is 1. The average Bonchev–Trinajstić information content (AvgIpc) is 2.90. The quantitative estimate of drug-likeness (QED) is 0.752. The van der Waals surface area contributed by atoms with Crippen LogP contribution >= 0.6 is 11.3 Å². The number of nitrogens with zero attached hydrogens (tertiary/aromatic N) is 2. The van der Waals surface area contributed by atoms with E-state index in [0.29, 0.717) is 24.4 Å². The van der Waals surface area contributed by atoms with Gasteiger partial charge in [0.2, 0.25) is 0 Å². The molecule has 6 heteroatoms. The van der Waals surface area contributed by atoms with Crippen LogP contribution in [-0.2, 0) is 6.54 Å². The number of aliphatic hydroxyl groups excluding tert-OH is 1. The Morgan fingerprint density at radius 3 is 2.91 bits per heavy atom.